The molecule has 3 rings (SSSR count). The molecule has 1 saturated heterocycles. The molecule has 0 atom stereocenters. The lowest BCUT2D eigenvalue weighted by Crippen LogP contribution is -2.48. The minimum atomic E-state index is -3.57. The zero-order valence-electron chi connectivity index (χ0n) is 15.5. The van der Waals surface area contributed by atoms with E-state index in [9.17, 15) is 8.42 Å². The molecule has 140 valence electrons. The largest absolute Gasteiger partial charge is 0.495 e. The first-order valence-corrected chi connectivity index (χ1v) is 10.1. The smallest absolute Gasteiger partial charge is 0.246 e. The highest BCUT2D eigenvalue weighted by atomic mass is 32.2. The van der Waals surface area contributed by atoms with Gasteiger partial charge in [0.15, 0.2) is 0 Å². The molecule has 6 nitrogen and oxygen atoms in total. The van der Waals surface area contributed by atoms with Crippen molar-refractivity contribution < 1.29 is 13.2 Å². The van der Waals surface area contributed by atoms with Gasteiger partial charge in [0.25, 0.3) is 0 Å². The SMILES string of the molecule is COc1cc(C)c(C)cc1S(=O)(=O)N1CCN(Cc2ccncc2)CC1. The molecular weight excluding hydrogens is 350 g/mol. The molecule has 2 heterocycles. The van der Waals surface area contributed by atoms with Gasteiger partial charge in [-0.25, -0.2) is 8.42 Å². The van der Waals surface area contributed by atoms with Crippen molar-refractivity contribution in [1.29, 1.82) is 0 Å². The number of pyridine rings is 1. The summed E-state index contributed by atoms with van der Waals surface area (Å²) in [5, 5.41) is 0. The Morgan fingerprint density at radius 2 is 1.65 bits per heavy atom. The summed E-state index contributed by atoms with van der Waals surface area (Å²) < 4.78 is 33.1. The van der Waals surface area contributed by atoms with Crippen LogP contribution in [-0.2, 0) is 16.6 Å². The Balaban J connectivity index is 1.73. The van der Waals surface area contributed by atoms with Crippen molar-refractivity contribution in [3.8, 4) is 5.75 Å². The van der Waals surface area contributed by atoms with Crippen molar-refractivity contribution in [2.75, 3.05) is 33.3 Å². The molecule has 2 aromatic rings. The molecule has 26 heavy (non-hydrogen) atoms. The van der Waals surface area contributed by atoms with Gasteiger partial charge in [-0.3, -0.25) is 9.88 Å². The van der Waals surface area contributed by atoms with E-state index in [-0.39, 0.29) is 4.90 Å². The van der Waals surface area contributed by atoms with E-state index in [0.29, 0.717) is 31.9 Å². The number of sulfonamides is 1. The van der Waals surface area contributed by atoms with E-state index >= 15 is 0 Å². The first kappa shape index (κ1) is 18.8. The lowest BCUT2D eigenvalue weighted by molar-refractivity contribution is 0.181. The van der Waals surface area contributed by atoms with E-state index in [1.807, 2.05) is 26.0 Å². The lowest BCUT2D eigenvalue weighted by Gasteiger charge is -2.34. The molecule has 0 saturated carbocycles. The van der Waals surface area contributed by atoms with Gasteiger partial charge in [-0.1, -0.05) is 0 Å². The Kier molecular flexibility index (Phi) is 5.60. The molecule has 1 aliphatic rings. The maximum atomic E-state index is 13.1. The summed E-state index contributed by atoms with van der Waals surface area (Å²) in [7, 11) is -2.06. The number of nitrogens with zero attached hydrogens (tertiary/aromatic N) is 3. The summed E-state index contributed by atoms with van der Waals surface area (Å²) in [5.74, 6) is 0.410. The number of aromatic nitrogens is 1. The Hall–Kier alpha value is -1.96. The second-order valence-corrected chi connectivity index (χ2v) is 8.53. The van der Waals surface area contributed by atoms with Crippen LogP contribution < -0.4 is 4.74 Å². The third-order valence-electron chi connectivity index (χ3n) is 4.88. The number of hydrogen-bond acceptors (Lipinski definition) is 5. The van der Waals surface area contributed by atoms with Crippen LogP contribution in [0.1, 0.15) is 16.7 Å². The number of ether oxygens (including phenoxy) is 1. The first-order chi connectivity index (χ1) is 12.4. The average Bonchev–Trinajstić information content (AvgIpc) is 2.65. The van der Waals surface area contributed by atoms with Gasteiger partial charge in [-0.15, -0.1) is 0 Å². The van der Waals surface area contributed by atoms with E-state index in [1.54, 1.807) is 28.8 Å². The molecule has 1 aromatic heterocycles. The monoisotopic (exact) mass is 375 g/mol. The summed E-state index contributed by atoms with van der Waals surface area (Å²) in [4.78, 5) is 6.55. The van der Waals surface area contributed by atoms with E-state index in [2.05, 4.69) is 9.88 Å². The van der Waals surface area contributed by atoms with Gasteiger partial charge in [0.1, 0.15) is 10.6 Å². The molecule has 0 aliphatic carbocycles. The van der Waals surface area contributed by atoms with Crippen LogP contribution in [0.4, 0.5) is 0 Å². The van der Waals surface area contributed by atoms with Crippen LogP contribution in [0.5, 0.6) is 5.75 Å². The fraction of sp³-hybridized carbons (Fsp3) is 0.421. The zero-order chi connectivity index (χ0) is 18.7. The molecule has 0 radical (unpaired) electrons. The van der Waals surface area contributed by atoms with Crippen LogP contribution in [0.15, 0.2) is 41.6 Å². The molecule has 7 heteroatoms. The van der Waals surface area contributed by atoms with Crippen molar-refractivity contribution in [1.82, 2.24) is 14.2 Å². The predicted octanol–water partition coefficient (Wildman–Crippen LogP) is 2.21. The van der Waals surface area contributed by atoms with Crippen molar-refractivity contribution in [2.45, 2.75) is 25.3 Å². The summed E-state index contributed by atoms with van der Waals surface area (Å²) in [5.41, 5.74) is 3.15. The summed E-state index contributed by atoms with van der Waals surface area (Å²) >= 11 is 0. The van der Waals surface area contributed by atoms with E-state index in [1.165, 1.54) is 12.7 Å². The first-order valence-electron chi connectivity index (χ1n) is 8.68. The maximum Gasteiger partial charge on any atom is 0.246 e. The number of methoxy groups -OCH3 is 1. The van der Waals surface area contributed by atoms with Gasteiger partial charge in [0.2, 0.25) is 10.0 Å². The Bertz CT molecular complexity index is 861. The van der Waals surface area contributed by atoms with Crippen molar-refractivity contribution in [3.05, 3.63) is 53.3 Å². The summed E-state index contributed by atoms with van der Waals surface area (Å²) in [6, 6.07) is 7.49. The third-order valence-corrected chi connectivity index (χ3v) is 6.80. The van der Waals surface area contributed by atoms with Gasteiger partial charge in [0.05, 0.1) is 7.11 Å². The highest BCUT2D eigenvalue weighted by molar-refractivity contribution is 7.89. The molecule has 0 N–H and O–H groups in total. The van der Waals surface area contributed by atoms with E-state index < -0.39 is 10.0 Å². The number of rotatable bonds is 5. The van der Waals surface area contributed by atoms with Crippen LogP contribution in [0, 0.1) is 13.8 Å². The topological polar surface area (TPSA) is 62.7 Å². The van der Waals surface area contributed by atoms with Gasteiger partial charge >= 0.3 is 0 Å². The predicted molar refractivity (Wildman–Crippen MR) is 101 cm³/mol. The highest BCUT2D eigenvalue weighted by Crippen LogP contribution is 2.30. The molecule has 0 spiro atoms. The second-order valence-electron chi connectivity index (χ2n) is 6.62. The van der Waals surface area contributed by atoms with Gasteiger partial charge < -0.3 is 4.74 Å². The van der Waals surface area contributed by atoms with Gasteiger partial charge in [-0.05, 0) is 54.8 Å². The Morgan fingerprint density at radius 3 is 2.27 bits per heavy atom. The van der Waals surface area contributed by atoms with Crippen LogP contribution >= 0.6 is 0 Å². The van der Waals surface area contributed by atoms with Crippen LogP contribution in [0.3, 0.4) is 0 Å². The second kappa shape index (κ2) is 7.73. The normalized spacial score (nSPS) is 16.6. The molecular formula is C19H25N3O3S. The zero-order valence-corrected chi connectivity index (χ0v) is 16.3. The van der Waals surface area contributed by atoms with Crippen LogP contribution in [0.2, 0.25) is 0 Å². The van der Waals surface area contributed by atoms with E-state index in [4.69, 9.17) is 4.74 Å². The van der Waals surface area contributed by atoms with E-state index in [0.717, 1.165) is 17.7 Å². The summed E-state index contributed by atoms with van der Waals surface area (Å²) in [6.45, 7) is 7.03. The fourth-order valence-corrected chi connectivity index (χ4v) is 4.78. The lowest BCUT2D eigenvalue weighted by atomic mass is 10.1. The van der Waals surface area contributed by atoms with Crippen molar-refractivity contribution >= 4 is 10.0 Å². The number of benzene rings is 1. The number of aryl methyl sites for hydroxylation is 2. The molecule has 1 fully saturated rings. The standard InChI is InChI=1S/C19H25N3O3S/c1-15-12-18(25-3)19(13-16(15)2)26(23,24)22-10-8-21(9-11-22)14-17-4-6-20-7-5-17/h4-7,12-13H,8-11,14H2,1-3H3. The number of hydrogen-bond donors (Lipinski definition) is 0. The fourth-order valence-electron chi connectivity index (χ4n) is 3.14. The minimum absolute atomic E-state index is 0.255. The quantitative estimate of drug-likeness (QED) is 0.802. The Morgan fingerprint density at radius 1 is 1.04 bits per heavy atom. The van der Waals surface area contributed by atoms with Crippen molar-refractivity contribution in [2.24, 2.45) is 0 Å². The molecule has 0 unspecified atom stereocenters. The summed E-state index contributed by atoms with van der Waals surface area (Å²) in [6.07, 6.45) is 3.56. The Labute approximate surface area is 155 Å². The highest BCUT2D eigenvalue weighted by Gasteiger charge is 2.31. The van der Waals surface area contributed by atoms with Crippen LogP contribution in [-0.4, -0.2) is 55.9 Å². The average molecular weight is 375 g/mol. The van der Waals surface area contributed by atoms with Crippen molar-refractivity contribution in [3.63, 3.8) is 0 Å². The molecule has 0 amide bonds. The van der Waals surface area contributed by atoms with Gasteiger partial charge in [-0.2, -0.15) is 4.31 Å². The van der Waals surface area contributed by atoms with Gasteiger partial charge in [0, 0.05) is 45.1 Å². The third kappa shape index (κ3) is 3.90. The molecule has 1 aliphatic heterocycles. The van der Waals surface area contributed by atoms with Crippen LogP contribution in [0.25, 0.3) is 0 Å². The molecule has 1 aromatic carbocycles. The minimum Gasteiger partial charge on any atom is -0.495 e. The molecule has 0 bridgehead atoms. The number of piperazine rings is 1. The maximum absolute atomic E-state index is 13.1.